The van der Waals surface area contributed by atoms with E-state index >= 15 is 0 Å². The number of nitrogens with two attached hydrogens (primary N) is 1. The average molecular weight is 208 g/mol. The van der Waals surface area contributed by atoms with Gasteiger partial charge >= 0.3 is 0 Å². The van der Waals surface area contributed by atoms with E-state index < -0.39 is 10.2 Å². The van der Waals surface area contributed by atoms with Crippen LogP contribution >= 0.6 is 0 Å². The number of hydrogen-bond acceptors (Lipinski definition) is 2. The van der Waals surface area contributed by atoms with E-state index in [4.69, 9.17) is 5.14 Å². The first-order valence-electron chi connectivity index (χ1n) is 4.62. The normalized spacial score (nSPS) is 14.8. The molecule has 13 heavy (non-hydrogen) atoms. The second kappa shape index (κ2) is 5.57. The molecule has 1 unspecified atom stereocenters. The van der Waals surface area contributed by atoms with Gasteiger partial charge in [-0.15, -0.1) is 0 Å². The summed E-state index contributed by atoms with van der Waals surface area (Å²) in [5.41, 5.74) is 0. The van der Waals surface area contributed by atoms with Crippen LogP contribution in [0.25, 0.3) is 0 Å². The molecule has 0 aliphatic rings. The molecule has 80 valence electrons. The second-order valence-electron chi connectivity index (χ2n) is 3.52. The van der Waals surface area contributed by atoms with E-state index in [0.717, 1.165) is 19.3 Å². The first-order chi connectivity index (χ1) is 5.88. The molecule has 0 aliphatic carbocycles. The monoisotopic (exact) mass is 208 g/mol. The number of rotatable bonds is 6. The molecule has 0 fully saturated rings. The highest BCUT2D eigenvalue weighted by molar-refractivity contribution is 7.86. The van der Waals surface area contributed by atoms with Crippen LogP contribution in [0.2, 0.25) is 0 Å². The zero-order valence-electron chi connectivity index (χ0n) is 8.66. The van der Waals surface area contributed by atoms with Gasteiger partial charge in [-0.1, -0.05) is 20.3 Å². The van der Waals surface area contributed by atoms with Crippen molar-refractivity contribution in [3.05, 3.63) is 0 Å². The Morgan fingerprint density at radius 3 is 2.38 bits per heavy atom. The number of hydrogen-bond donors (Lipinski definition) is 1. The lowest BCUT2D eigenvalue weighted by molar-refractivity contribution is 0.420. The first-order valence-corrected chi connectivity index (χ1v) is 6.12. The minimum Gasteiger partial charge on any atom is -0.216 e. The molecule has 0 saturated carbocycles. The van der Waals surface area contributed by atoms with Gasteiger partial charge in [-0.3, -0.25) is 0 Å². The predicted octanol–water partition coefficient (Wildman–Crippen LogP) is 0.948. The molecule has 0 aromatic rings. The van der Waals surface area contributed by atoms with Gasteiger partial charge in [0.15, 0.2) is 0 Å². The Bertz CT molecular complexity index is 226. The van der Waals surface area contributed by atoms with Crippen LogP contribution in [0, 0.1) is 5.92 Å². The average Bonchev–Trinajstić information content (AvgIpc) is 2.02. The molecule has 0 heterocycles. The summed E-state index contributed by atoms with van der Waals surface area (Å²) in [5.74, 6) is 0.661. The SMILES string of the molecule is CCC(C)CCCN(C)S(N)(=O)=O. The molecule has 0 saturated heterocycles. The van der Waals surface area contributed by atoms with Crippen molar-refractivity contribution in [2.24, 2.45) is 11.1 Å². The van der Waals surface area contributed by atoms with Gasteiger partial charge in [0.1, 0.15) is 0 Å². The van der Waals surface area contributed by atoms with Gasteiger partial charge in [-0.2, -0.15) is 12.7 Å². The highest BCUT2D eigenvalue weighted by Crippen LogP contribution is 2.09. The van der Waals surface area contributed by atoms with Crippen LogP contribution in [0.5, 0.6) is 0 Å². The van der Waals surface area contributed by atoms with E-state index in [1.807, 2.05) is 0 Å². The Balaban J connectivity index is 3.66. The second-order valence-corrected chi connectivity index (χ2v) is 5.18. The quantitative estimate of drug-likeness (QED) is 0.706. The highest BCUT2D eigenvalue weighted by atomic mass is 32.2. The Hall–Kier alpha value is -0.130. The lowest BCUT2D eigenvalue weighted by atomic mass is 10.0. The largest absolute Gasteiger partial charge is 0.276 e. The van der Waals surface area contributed by atoms with Crippen molar-refractivity contribution in [2.75, 3.05) is 13.6 Å². The topological polar surface area (TPSA) is 63.4 Å². The van der Waals surface area contributed by atoms with Gasteiger partial charge in [-0.25, -0.2) is 5.14 Å². The third kappa shape index (κ3) is 6.01. The smallest absolute Gasteiger partial charge is 0.216 e. The molecule has 0 radical (unpaired) electrons. The maximum Gasteiger partial charge on any atom is 0.276 e. The molecule has 0 aromatic heterocycles. The van der Waals surface area contributed by atoms with Crippen LogP contribution in [-0.4, -0.2) is 26.3 Å². The van der Waals surface area contributed by atoms with E-state index in [9.17, 15) is 8.42 Å². The summed E-state index contributed by atoms with van der Waals surface area (Å²) in [6.45, 7) is 4.81. The molecule has 0 aromatic carbocycles. The lowest BCUT2D eigenvalue weighted by Gasteiger charge is -2.14. The van der Waals surface area contributed by atoms with Gasteiger partial charge in [0.25, 0.3) is 10.2 Å². The fourth-order valence-electron chi connectivity index (χ4n) is 0.994. The van der Waals surface area contributed by atoms with E-state index in [-0.39, 0.29) is 0 Å². The van der Waals surface area contributed by atoms with E-state index in [2.05, 4.69) is 13.8 Å². The Labute approximate surface area is 81.3 Å². The molecule has 2 N–H and O–H groups in total. The summed E-state index contributed by atoms with van der Waals surface area (Å²) in [4.78, 5) is 0. The molecule has 0 amide bonds. The maximum atomic E-state index is 10.8. The van der Waals surface area contributed by atoms with Crippen LogP contribution in [0.4, 0.5) is 0 Å². The van der Waals surface area contributed by atoms with Crippen LogP contribution in [-0.2, 0) is 10.2 Å². The molecule has 0 rings (SSSR count). The Morgan fingerprint density at radius 1 is 1.46 bits per heavy atom. The van der Waals surface area contributed by atoms with Crippen molar-refractivity contribution in [3.8, 4) is 0 Å². The van der Waals surface area contributed by atoms with E-state index in [1.165, 1.54) is 11.4 Å². The minimum absolute atomic E-state index is 0.517. The maximum absolute atomic E-state index is 10.8. The van der Waals surface area contributed by atoms with Crippen LogP contribution in [0.1, 0.15) is 33.1 Å². The first kappa shape index (κ1) is 12.9. The molecule has 4 nitrogen and oxygen atoms in total. The standard InChI is InChI=1S/C8H20N2O2S/c1-4-8(2)6-5-7-10(3)13(9,11)12/h8H,4-7H2,1-3H3,(H2,9,11,12). The lowest BCUT2D eigenvalue weighted by Crippen LogP contribution is -2.34. The molecule has 5 heteroatoms. The predicted molar refractivity (Wildman–Crippen MR) is 54.4 cm³/mol. The zero-order chi connectivity index (χ0) is 10.5. The summed E-state index contributed by atoms with van der Waals surface area (Å²) in [5, 5.41) is 4.93. The molecule has 1 atom stereocenters. The van der Waals surface area contributed by atoms with Crippen molar-refractivity contribution >= 4 is 10.2 Å². The van der Waals surface area contributed by atoms with Gasteiger partial charge in [0.2, 0.25) is 0 Å². The summed E-state index contributed by atoms with van der Waals surface area (Å²) in [7, 11) is -1.97. The van der Waals surface area contributed by atoms with Crippen LogP contribution < -0.4 is 5.14 Å². The number of nitrogens with zero attached hydrogens (tertiary/aromatic N) is 1. The third-order valence-corrected chi connectivity index (χ3v) is 3.35. The van der Waals surface area contributed by atoms with Gasteiger partial charge < -0.3 is 0 Å². The van der Waals surface area contributed by atoms with Crippen molar-refractivity contribution in [2.45, 2.75) is 33.1 Å². The molecule has 0 aliphatic heterocycles. The fourth-order valence-corrected chi connectivity index (χ4v) is 1.38. The summed E-state index contributed by atoms with van der Waals surface area (Å²) < 4.78 is 22.8. The van der Waals surface area contributed by atoms with Gasteiger partial charge in [0.05, 0.1) is 0 Å². The van der Waals surface area contributed by atoms with Crippen molar-refractivity contribution in [3.63, 3.8) is 0 Å². The molecular weight excluding hydrogens is 188 g/mol. The van der Waals surface area contributed by atoms with Crippen molar-refractivity contribution < 1.29 is 8.42 Å². The summed E-state index contributed by atoms with van der Waals surface area (Å²) in [6.07, 6.45) is 3.07. The summed E-state index contributed by atoms with van der Waals surface area (Å²) in [6, 6.07) is 0. The Kier molecular flexibility index (Phi) is 5.51. The van der Waals surface area contributed by atoms with E-state index in [0.29, 0.717) is 12.5 Å². The fraction of sp³-hybridized carbons (Fsp3) is 1.00. The highest BCUT2D eigenvalue weighted by Gasteiger charge is 2.10. The van der Waals surface area contributed by atoms with Crippen molar-refractivity contribution in [1.82, 2.24) is 4.31 Å². The third-order valence-electron chi connectivity index (χ3n) is 2.30. The molecule has 0 bridgehead atoms. The van der Waals surface area contributed by atoms with Crippen LogP contribution in [0.15, 0.2) is 0 Å². The van der Waals surface area contributed by atoms with Gasteiger partial charge in [0, 0.05) is 13.6 Å². The Morgan fingerprint density at radius 2 is 2.00 bits per heavy atom. The van der Waals surface area contributed by atoms with Gasteiger partial charge in [-0.05, 0) is 18.8 Å². The minimum atomic E-state index is -3.47. The van der Waals surface area contributed by atoms with Crippen LogP contribution in [0.3, 0.4) is 0 Å². The van der Waals surface area contributed by atoms with E-state index in [1.54, 1.807) is 0 Å². The molecular formula is C8H20N2O2S. The van der Waals surface area contributed by atoms with Crippen molar-refractivity contribution in [1.29, 1.82) is 0 Å². The zero-order valence-corrected chi connectivity index (χ0v) is 9.47. The molecule has 0 spiro atoms. The summed E-state index contributed by atoms with van der Waals surface area (Å²) >= 11 is 0.